The van der Waals surface area contributed by atoms with Gasteiger partial charge in [-0.2, -0.15) is 0 Å². The van der Waals surface area contributed by atoms with E-state index in [9.17, 15) is 18.0 Å². The summed E-state index contributed by atoms with van der Waals surface area (Å²) >= 11 is 5.74. The number of amides is 1. The minimum Gasteiger partial charge on any atom is -0.357 e. The largest absolute Gasteiger partial charge is 0.357 e. The number of hydrogen-bond donors (Lipinski definition) is 3. The fraction of sp³-hybridized carbons (Fsp3) is 0.278. The van der Waals surface area contributed by atoms with E-state index in [1.165, 1.54) is 0 Å². The SMILES string of the molecule is CCNC(=NCC(=O)Nc1ccc(F)c(F)c1F)NCCc1ccc(Cl)nc1.I. The van der Waals surface area contributed by atoms with Gasteiger partial charge in [-0.05, 0) is 37.1 Å². The molecule has 1 heterocycles. The lowest BCUT2D eigenvalue weighted by molar-refractivity contribution is -0.114. The second kappa shape index (κ2) is 12.5. The average Bonchev–Trinajstić information content (AvgIpc) is 2.68. The summed E-state index contributed by atoms with van der Waals surface area (Å²) in [5.74, 6) is -4.73. The zero-order valence-electron chi connectivity index (χ0n) is 15.4. The highest BCUT2D eigenvalue weighted by Crippen LogP contribution is 2.19. The number of rotatable bonds is 7. The molecule has 0 aliphatic heterocycles. The number of aliphatic imine (C=N–C) groups is 1. The Hall–Kier alpha value is -2.08. The van der Waals surface area contributed by atoms with Gasteiger partial charge >= 0.3 is 0 Å². The fourth-order valence-corrected chi connectivity index (χ4v) is 2.30. The molecule has 158 valence electrons. The van der Waals surface area contributed by atoms with Crippen molar-refractivity contribution in [2.24, 2.45) is 4.99 Å². The van der Waals surface area contributed by atoms with Gasteiger partial charge in [0.1, 0.15) is 11.7 Å². The van der Waals surface area contributed by atoms with E-state index in [-0.39, 0.29) is 30.5 Å². The van der Waals surface area contributed by atoms with Crippen LogP contribution in [0.4, 0.5) is 18.9 Å². The summed E-state index contributed by atoms with van der Waals surface area (Å²) in [7, 11) is 0. The summed E-state index contributed by atoms with van der Waals surface area (Å²) in [5, 5.41) is 8.58. The molecule has 0 bridgehead atoms. The van der Waals surface area contributed by atoms with Crippen molar-refractivity contribution in [1.29, 1.82) is 0 Å². The molecule has 2 rings (SSSR count). The van der Waals surface area contributed by atoms with Crippen molar-refractivity contribution >= 4 is 53.1 Å². The van der Waals surface area contributed by atoms with Crippen LogP contribution in [0, 0.1) is 17.5 Å². The van der Waals surface area contributed by atoms with E-state index in [0.717, 1.165) is 17.7 Å². The molecule has 0 spiro atoms. The predicted octanol–water partition coefficient (Wildman–Crippen LogP) is 3.51. The molecule has 1 amide bonds. The number of nitrogens with zero attached hydrogens (tertiary/aromatic N) is 2. The maximum atomic E-state index is 13.6. The third-order valence-corrected chi connectivity index (χ3v) is 3.75. The molecule has 0 radical (unpaired) electrons. The molecule has 0 unspecified atom stereocenters. The van der Waals surface area contributed by atoms with Gasteiger partial charge in [-0.25, -0.2) is 23.1 Å². The van der Waals surface area contributed by atoms with Crippen LogP contribution in [0.1, 0.15) is 12.5 Å². The highest BCUT2D eigenvalue weighted by atomic mass is 127. The third kappa shape index (κ3) is 8.05. The number of guanidine groups is 1. The summed E-state index contributed by atoms with van der Waals surface area (Å²) in [6.45, 7) is 2.61. The highest BCUT2D eigenvalue weighted by molar-refractivity contribution is 14.0. The van der Waals surface area contributed by atoms with Gasteiger partial charge in [-0.15, -0.1) is 24.0 Å². The van der Waals surface area contributed by atoms with Crippen LogP contribution in [0.3, 0.4) is 0 Å². The second-order valence-corrected chi connectivity index (χ2v) is 6.02. The molecule has 29 heavy (non-hydrogen) atoms. The summed E-state index contributed by atoms with van der Waals surface area (Å²) in [6, 6.07) is 5.22. The van der Waals surface area contributed by atoms with Crippen LogP contribution in [0.2, 0.25) is 5.15 Å². The Kier molecular flexibility index (Phi) is 10.7. The number of carbonyl (C=O) groups excluding carboxylic acids is 1. The normalized spacial score (nSPS) is 10.9. The predicted molar refractivity (Wildman–Crippen MR) is 117 cm³/mol. The molecule has 0 aliphatic rings. The fourth-order valence-electron chi connectivity index (χ4n) is 2.18. The van der Waals surface area contributed by atoms with Gasteiger partial charge in [0.05, 0.1) is 5.69 Å². The number of halogens is 5. The zero-order valence-corrected chi connectivity index (χ0v) is 18.5. The Balaban J connectivity index is 0.00000420. The summed E-state index contributed by atoms with van der Waals surface area (Å²) in [5.41, 5.74) is 0.520. The first-order valence-electron chi connectivity index (χ1n) is 8.46. The van der Waals surface area contributed by atoms with Gasteiger partial charge in [0.2, 0.25) is 5.91 Å². The van der Waals surface area contributed by atoms with Crippen molar-refractivity contribution in [2.75, 3.05) is 25.0 Å². The van der Waals surface area contributed by atoms with Crippen LogP contribution in [0.25, 0.3) is 0 Å². The van der Waals surface area contributed by atoms with Gasteiger partial charge in [0.15, 0.2) is 23.4 Å². The quantitative estimate of drug-likeness (QED) is 0.165. The molecule has 3 N–H and O–H groups in total. The van der Waals surface area contributed by atoms with Gasteiger partial charge < -0.3 is 16.0 Å². The number of hydrogen-bond acceptors (Lipinski definition) is 3. The number of nitrogens with one attached hydrogen (secondary N) is 3. The van der Waals surface area contributed by atoms with Crippen LogP contribution in [-0.4, -0.2) is 36.5 Å². The minimum absolute atomic E-state index is 0. The molecule has 6 nitrogen and oxygen atoms in total. The lowest BCUT2D eigenvalue weighted by Crippen LogP contribution is -2.39. The van der Waals surface area contributed by atoms with Gasteiger partial charge in [0.25, 0.3) is 0 Å². The van der Waals surface area contributed by atoms with Crippen molar-refractivity contribution < 1.29 is 18.0 Å². The van der Waals surface area contributed by atoms with E-state index in [2.05, 4.69) is 25.9 Å². The van der Waals surface area contributed by atoms with Crippen LogP contribution < -0.4 is 16.0 Å². The lowest BCUT2D eigenvalue weighted by Gasteiger charge is -2.11. The minimum atomic E-state index is -1.65. The Morgan fingerprint density at radius 1 is 1.14 bits per heavy atom. The lowest BCUT2D eigenvalue weighted by atomic mass is 10.2. The second-order valence-electron chi connectivity index (χ2n) is 5.63. The van der Waals surface area contributed by atoms with E-state index >= 15 is 0 Å². The number of anilines is 1. The molecule has 0 aliphatic carbocycles. The Labute approximate surface area is 188 Å². The third-order valence-electron chi connectivity index (χ3n) is 3.53. The molecule has 1 aromatic carbocycles. The van der Waals surface area contributed by atoms with Crippen molar-refractivity contribution in [3.05, 3.63) is 58.6 Å². The summed E-state index contributed by atoms with van der Waals surface area (Å²) < 4.78 is 39.7. The molecule has 0 saturated carbocycles. The number of aromatic nitrogens is 1. The first kappa shape index (κ1) is 25.0. The molecule has 0 saturated heterocycles. The van der Waals surface area contributed by atoms with Crippen LogP contribution >= 0.6 is 35.6 Å². The van der Waals surface area contributed by atoms with Gasteiger partial charge in [-0.3, -0.25) is 4.79 Å². The maximum Gasteiger partial charge on any atom is 0.246 e. The summed E-state index contributed by atoms with van der Waals surface area (Å²) in [4.78, 5) is 20.0. The molecule has 11 heteroatoms. The van der Waals surface area contributed by atoms with Gasteiger partial charge in [0, 0.05) is 19.3 Å². The van der Waals surface area contributed by atoms with E-state index < -0.39 is 29.0 Å². The molecule has 0 fully saturated rings. The van der Waals surface area contributed by atoms with Crippen LogP contribution in [-0.2, 0) is 11.2 Å². The van der Waals surface area contributed by atoms with Crippen molar-refractivity contribution in [3.8, 4) is 0 Å². The Bertz CT molecular complexity index is 852. The number of carbonyl (C=O) groups is 1. The van der Waals surface area contributed by atoms with Gasteiger partial charge in [-0.1, -0.05) is 17.7 Å². The molecular formula is C18H20ClF3IN5O. The number of benzene rings is 1. The monoisotopic (exact) mass is 541 g/mol. The van der Waals surface area contributed by atoms with Crippen molar-refractivity contribution in [3.63, 3.8) is 0 Å². The zero-order chi connectivity index (χ0) is 20.5. The summed E-state index contributed by atoms with van der Waals surface area (Å²) in [6.07, 6.45) is 2.32. The van der Waals surface area contributed by atoms with Crippen LogP contribution in [0.15, 0.2) is 35.5 Å². The average molecular weight is 542 g/mol. The molecular weight excluding hydrogens is 522 g/mol. The van der Waals surface area contributed by atoms with E-state index in [1.807, 2.05) is 13.0 Å². The van der Waals surface area contributed by atoms with Crippen molar-refractivity contribution in [2.45, 2.75) is 13.3 Å². The Morgan fingerprint density at radius 3 is 2.55 bits per heavy atom. The van der Waals surface area contributed by atoms with E-state index in [1.54, 1.807) is 12.3 Å². The Morgan fingerprint density at radius 2 is 1.90 bits per heavy atom. The topological polar surface area (TPSA) is 78.4 Å². The van der Waals surface area contributed by atoms with Crippen molar-refractivity contribution in [1.82, 2.24) is 15.6 Å². The molecule has 1 aromatic heterocycles. The standard InChI is InChI=1S/C18H19ClF3N5O.HI/c1-2-23-18(24-8-7-11-3-6-14(19)25-9-11)26-10-15(28)27-13-5-4-12(20)16(21)17(13)22;/h3-6,9H,2,7-8,10H2,1H3,(H,27,28)(H2,23,24,26);1H. The molecule has 0 atom stereocenters. The number of pyridine rings is 1. The first-order chi connectivity index (χ1) is 13.4. The molecule has 2 aromatic rings. The van der Waals surface area contributed by atoms with E-state index in [4.69, 9.17) is 11.6 Å². The maximum absolute atomic E-state index is 13.6. The van der Waals surface area contributed by atoms with E-state index in [0.29, 0.717) is 30.6 Å². The first-order valence-corrected chi connectivity index (χ1v) is 8.84. The van der Waals surface area contributed by atoms with Crippen LogP contribution in [0.5, 0.6) is 0 Å². The highest BCUT2D eigenvalue weighted by Gasteiger charge is 2.15. The smallest absolute Gasteiger partial charge is 0.246 e.